The number of nitro benzene ring substituents is 1. The summed E-state index contributed by atoms with van der Waals surface area (Å²) in [5, 5.41) is 22.0. The molecule has 0 aliphatic rings. The minimum Gasteiger partial charge on any atom is -0.395 e. The average molecular weight is 267 g/mol. The van der Waals surface area contributed by atoms with Crippen LogP contribution in [0.4, 0.5) is 16.2 Å². The molecule has 0 fully saturated rings. The molecule has 7 heteroatoms. The predicted molar refractivity (Wildman–Crippen MR) is 71.0 cm³/mol. The highest BCUT2D eigenvalue weighted by molar-refractivity contribution is 5.89. The largest absolute Gasteiger partial charge is 0.395 e. The zero-order valence-electron chi connectivity index (χ0n) is 10.9. The van der Waals surface area contributed by atoms with Crippen LogP contribution in [0.3, 0.4) is 0 Å². The van der Waals surface area contributed by atoms with Gasteiger partial charge in [-0.05, 0) is 26.0 Å². The van der Waals surface area contributed by atoms with Gasteiger partial charge < -0.3 is 15.3 Å². The van der Waals surface area contributed by atoms with E-state index in [9.17, 15) is 14.9 Å². The molecule has 0 bridgehead atoms. The van der Waals surface area contributed by atoms with E-state index in [0.717, 1.165) is 0 Å². The number of nitrogens with zero attached hydrogens (tertiary/aromatic N) is 2. The molecule has 1 aromatic carbocycles. The zero-order valence-corrected chi connectivity index (χ0v) is 10.9. The van der Waals surface area contributed by atoms with E-state index in [2.05, 4.69) is 5.32 Å². The van der Waals surface area contributed by atoms with Gasteiger partial charge in [-0.25, -0.2) is 4.79 Å². The lowest BCUT2D eigenvalue weighted by Crippen LogP contribution is -2.41. The number of urea groups is 1. The van der Waals surface area contributed by atoms with Gasteiger partial charge in [-0.2, -0.15) is 0 Å². The number of carbonyl (C=O) groups is 1. The molecule has 0 unspecified atom stereocenters. The highest BCUT2D eigenvalue weighted by Crippen LogP contribution is 2.16. The number of amides is 2. The number of anilines is 1. The standard InChI is InChI=1S/C12H17N3O4/c1-9(2)14(7-8-16)12(17)13-10-3-5-11(6-4-10)15(18)19/h3-6,9,16H,7-8H2,1-2H3,(H,13,17). The van der Waals surface area contributed by atoms with Gasteiger partial charge in [0, 0.05) is 30.4 Å². The Bertz CT molecular complexity index is 445. The third-order valence-electron chi connectivity index (χ3n) is 2.55. The van der Waals surface area contributed by atoms with E-state index in [1.54, 1.807) is 0 Å². The molecular formula is C12H17N3O4. The highest BCUT2D eigenvalue weighted by atomic mass is 16.6. The molecule has 1 aromatic rings. The molecule has 0 aliphatic heterocycles. The van der Waals surface area contributed by atoms with Crippen molar-refractivity contribution in [2.45, 2.75) is 19.9 Å². The smallest absolute Gasteiger partial charge is 0.322 e. The number of hydrogen-bond donors (Lipinski definition) is 2. The molecule has 0 aliphatic carbocycles. The number of aliphatic hydroxyl groups is 1. The van der Waals surface area contributed by atoms with Crippen molar-refractivity contribution in [2.24, 2.45) is 0 Å². The second kappa shape index (κ2) is 6.69. The van der Waals surface area contributed by atoms with E-state index in [1.165, 1.54) is 29.2 Å². The Morgan fingerprint density at radius 1 is 1.42 bits per heavy atom. The lowest BCUT2D eigenvalue weighted by molar-refractivity contribution is -0.384. The molecule has 2 N–H and O–H groups in total. The quantitative estimate of drug-likeness (QED) is 0.628. The number of nitrogens with one attached hydrogen (secondary N) is 1. The summed E-state index contributed by atoms with van der Waals surface area (Å²) in [6.07, 6.45) is 0. The van der Waals surface area contributed by atoms with E-state index >= 15 is 0 Å². The Morgan fingerprint density at radius 3 is 2.42 bits per heavy atom. The molecule has 2 amide bonds. The number of hydrogen-bond acceptors (Lipinski definition) is 4. The van der Waals surface area contributed by atoms with Crippen molar-refractivity contribution in [3.8, 4) is 0 Å². The van der Waals surface area contributed by atoms with Crippen molar-refractivity contribution in [1.29, 1.82) is 0 Å². The van der Waals surface area contributed by atoms with Gasteiger partial charge in [-0.3, -0.25) is 10.1 Å². The van der Waals surface area contributed by atoms with E-state index < -0.39 is 4.92 Å². The molecule has 0 heterocycles. The van der Waals surface area contributed by atoms with Crippen LogP contribution in [0.2, 0.25) is 0 Å². The molecule has 0 saturated heterocycles. The van der Waals surface area contributed by atoms with Crippen molar-refractivity contribution in [3.63, 3.8) is 0 Å². The first-order valence-electron chi connectivity index (χ1n) is 5.88. The molecule has 0 radical (unpaired) electrons. The molecule has 1 rings (SSSR count). The lowest BCUT2D eigenvalue weighted by atomic mass is 10.3. The first-order valence-corrected chi connectivity index (χ1v) is 5.88. The summed E-state index contributed by atoms with van der Waals surface area (Å²) < 4.78 is 0. The average Bonchev–Trinajstić information content (AvgIpc) is 2.36. The second-order valence-electron chi connectivity index (χ2n) is 4.24. The van der Waals surface area contributed by atoms with Crippen LogP contribution in [0.25, 0.3) is 0 Å². The van der Waals surface area contributed by atoms with E-state index in [4.69, 9.17) is 5.11 Å². The number of benzene rings is 1. The summed E-state index contributed by atoms with van der Waals surface area (Å²) in [5.41, 5.74) is 0.438. The van der Waals surface area contributed by atoms with Gasteiger partial charge in [0.15, 0.2) is 0 Å². The molecule has 19 heavy (non-hydrogen) atoms. The van der Waals surface area contributed by atoms with Gasteiger partial charge in [0.2, 0.25) is 0 Å². The SMILES string of the molecule is CC(C)N(CCO)C(=O)Nc1ccc([N+](=O)[O-])cc1. The van der Waals surface area contributed by atoms with Crippen molar-refractivity contribution < 1.29 is 14.8 Å². The monoisotopic (exact) mass is 267 g/mol. The van der Waals surface area contributed by atoms with Crippen molar-refractivity contribution in [2.75, 3.05) is 18.5 Å². The van der Waals surface area contributed by atoms with Crippen LogP contribution in [0.15, 0.2) is 24.3 Å². The molecule has 0 spiro atoms. The number of rotatable bonds is 5. The van der Waals surface area contributed by atoms with Crippen LogP contribution in [0.1, 0.15) is 13.8 Å². The van der Waals surface area contributed by atoms with Crippen LogP contribution in [0, 0.1) is 10.1 Å². The topological polar surface area (TPSA) is 95.7 Å². The second-order valence-corrected chi connectivity index (χ2v) is 4.24. The van der Waals surface area contributed by atoms with E-state index in [1.807, 2.05) is 13.8 Å². The Hall–Kier alpha value is -2.15. The Morgan fingerprint density at radius 2 is 2.00 bits per heavy atom. The van der Waals surface area contributed by atoms with Crippen molar-refractivity contribution in [3.05, 3.63) is 34.4 Å². The fourth-order valence-electron chi connectivity index (χ4n) is 1.56. The van der Waals surface area contributed by atoms with Crippen molar-refractivity contribution in [1.82, 2.24) is 4.90 Å². The normalized spacial score (nSPS) is 10.3. The maximum atomic E-state index is 11.9. The van der Waals surface area contributed by atoms with E-state index in [0.29, 0.717) is 5.69 Å². The van der Waals surface area contributed by atoms with Crippen LogP contribution < -0.4 is 5.32 Å². The Kier molecular flexibility index (Phi) is 5.25. The Balaban J connectivity index is 2.72. The van der Waals surface area contributed by atoms with Crippen LogP contribution in [0.5, 0.6) is 0 Å². The summed E-state index contributed by atoms with van der Waals surface area (Å²) in [7, 11) is 0. The zero-order chi connectivity index (χ0) is 14.4. The molecule has 0 saturated carbocycles. The minimum absolute atomic E-state index is 0.0333. The molecular weight excluding hydrogens is 250 g/mol. The third-order valence-corrected chi connectivity index (χ3v) is 2.55. The van der Waals surface area contributed by atoms with Gasteiger partial charge in [-0.15, -0.1) is 0 Å². The summed E-state index contributed by atoms with van der Waals surface area (Å²) in [6.45, 7) is 3.79. The van der Waals surface area contributed by atoms with Gasteiger partial charge >= 0.3 is 6.03 Å². The first-order chi connectivity index (χ1) is 8.95. The molecule has 104 valence electrons. The van der Waals surface area contributed by atoms with Gasteiger partial charge in [-0.1, -0.05) is 0 Å². The summed E-state index contributed by atoms with van der Waals surface area (Å²) >= 11 is 0. The predicted octanol–water partition coefficient (Wildman–Crippen LogP) is 1.83. The Labute approximate surface area is 111 Å². The van der Waals surface area contributed by atoms with Gasteiger partial charge in [0.25, 0.3) is 5.69 Å². The number of carbonyl (C=O) groups excluding carboxylic acids is 1. The fraction of sp³-hybridized carbons (Fsp3) is 0.417. The highest BCUT2D eigenvalue weighted by Gasteiger charge is 2.16. The van der Waals surface area contributed by atoms with Gasteiger partial charge in [0.1, 0.15) is 0 Å². The van der Waals surface area contributed by atoms with Crippen molar-refractivity contribution >= 4 is 17.4 Å². The molecule has 0 aromatic heterocycles. The third kappa shape index (κ3) is 4.22. The van der Waals surface area contributed by atoms with E-state index in [-0.39, 0.29) is 30.9 Å². The number of aliphatic hydroxyl groups excluding tert-OH is 1. The maximum Gasteiger partial charge on any atom is 0.322 e. The number of nitro groups is 1. The lowest BCUT2D eigenvalue weighted by Gasteiger charge is -2.26. The maximum absolute atomic E-state index is 11.9. The minimum atomic E-state index is -0.502. The summed E-state index contributed by atoms with van der Waals surface area (Å²) in [4.78, 5) is 23.4. The van der Waals surface area contributed by atoms with Gasteiger partial charge in [0.05, 0.1) is 11.5 Å². The van der Waals surface area contributed by atoms with Crippen LogP contribution in [-0.2, 0) is 0 Å². The molecule has 0 atom stereocenters. The number of non-ortho nitro benzene ring substituents is 1. The first kappa shape index (κ1) is 14.9. The van der Waals surface area contributed by atoms with Crippen LogP contribution in [-0.4, -0.2) is 40.2 Å². The molecule has 7 nitrogen and oxygen atoms in total. The summed E-state index contributed by atoms with van der Waals surface area (Å²) in [6, 6.07) is 5.17. The van der Waals surface area contributed by atoms with Crippen LogP contribution >= 0.6 is 0 Å². The summed E-state index contributed by atoms with van der Waals surface area (Å²) in [5.74, 6) is 0. The fourth-order valence-corrected chi connectivity index (χ4v) is 1.56.